The highest BCUT2D eigenvalue weighted by Crippen LogP contribution is 2.35. The van der Waals surface area contributed by atoms with Crippen LogP contribution < -0.4 is 10.2 Å². The molecule has 2 saturated heterocycles. The van der Waals surface area contributed by atoms with Crippen LogP contribution in [-0.2, 0) is 10.2 Å². The molecular weight excluding hydrogens is 404 g/mol. The third-order valence-electron chi connectivity index (χ3n) is 6.08. The van der Waals surface area contributed by atoms with E-state index in [-0.39, 0.29) is 5.41 Å². The molecule has 29 heavy (non-hydrogen) atoms. The molecule has 1 N–H and O–H groups in total. The van der Waals surface area contributed by atoms with Gasteiger partial charge >= 0.3 is 0 Å². The van der Waals surface area contributed by atoms with Crippen molar-refractivity contribution < 1.29 is 4.74 Å². The number of guanidine groups is 1. The zero-order chi connectivity index (χ0) is 20.1. The van der Waals surface area contributed by atoms with Crippen LogP contribution in [0.5, 0.6) is 0 Å². The number of anilines is 1. The second-order valence-corrected chi connectivity index (χ2v) is 9.09. The summed E-state index contributed by atoms with van der Waals surface area (Å²) in [5.74, 6) is 0.990. The fraction of sp³-hybridized carbons (Fsp3) is 0.500. The van der Waals surface area contributed by atoms with Crippen molar-refractivity contribution in [2.75, 3.05) is 57.9 Å². The number of hydrogen-bond acceptors (Lipinski definition) is 4. The SMILES string of the molecule is CN=C(NCC1(c2cccc(Cl)c2)CCOCC1)N1CCN(c2cccs2)CC1. The number of rotatable bonds is 4. The first kappa shape index (κ1) is 20.5. The maximum Gasteiger partial charge on any atom is 0.193 e. The monoisotopic (exact) mass is 432 g/mol. The number of aliphatic imine (C=N–C) groups is 1. The molecule has 7 heteroatoms. The van der Waals surface area contributed by atoms with E-state index in [0.717, 1.165) is 69.8 Å². The predicted molar refractivity (Wildman–Crippen MR) is 123 cm³/mol. The molecule has 156 valence electrons. The van der Waals surface area contributed by atoms with Gasteiger partial charge in [0, 0.05) is 63.4 Å². The predicted octanol–water partition coefficient (Wildman–Crippen LogP) is 3.85. The van der Waals surface area contributed by atoms with Crippen LogP contribution in [0.15, 0.2) is 46.8 Å². The van der Waals surface area contributed by atoms with Crippen LogP contribution in [0.4, 0.5) is 5.00 Å². The Balaban J connectivity index is 1.41. The van der Waals surface area contributed by atoms with Crippen molar-refractivity contribution in [3.8, 4) is 0 Å². The van der Waals surface area contributed by atoms with Gasteiger partial charge in [-0.25, -0.2) is 0 Å². The maximum atomic E-state index is 6.31. The van der Waals surface area contributed by atoms with Crippen LogP contribution in [-0.4, -0.2) is 63.8 Å². The maximum absolute atomic E-state index is 6.31. The second-order valence-electron chi connectivity index (χ2n) is 7.73. The summed E-state index contributed by atoms with van der Waals surface area (Å²) in [4.78, 5) is 9.41. The minimum atomic E-state index is 0.0257. The largest absolute Gasteiger partial charge is 0.381 e. The van der Waals surface area contributed by atoms with Crippen molar-refractivity contribution >= 4 is 33.9 Å². The van der Waals surface area contributed by atoms with Gasteiger partial charge in [-0.2, -0.15) is 0 Å². The summed E-state index contributed by atoms with van der Waals surface area (Å²) in [7, 11) is 1.88. The Morgan fingerprint density at radius 3 is 2.62 bits per heavy atom. The van der Waals surface area contributed by atoms with Gasteiger partial charge in [-0.15, -0.1) is 11.3 Å². The van der Waals surface area contributed by atoms with Gasteiger partial charge in [-0.1, -0.05) is 23.7 Å². The van der Waals surface area contributed by atoms with Crippen molar-refractivity contribution in [3.05, 3.63) is 52.4 Å². The van der Waals surface area contributed by atoms with E-state index in [1.807, 2.05) is 30.5 Å². The van der Waals surface area contributed by atoms with Crippen LogP contribution in [0, 0.1) is 0 Å². The topological polar surface area (TPSA) is 40.1 Å². The third kappa shape index (κ3) is 4.71. The quantitative estimate of drug-likeness (QED) is 0.588. The zero-order valence-corrected chi connectivity index (χ0v) is 18.5. The molecule has 0 unspecified atom stereocenters. The lowest BCUT2D eigenvalue weighted by molar-refractivity contribution is 0.0511. The molecular formula is C22H29ClN4OS. The highest BCUT2D eigenvalue weighted by atomic mass is 35.5. The van der Waals surface area contributed by atoms with Crippen molar-refractivity contribution in [1.29, 1.82) is 0 Å². The molecule has 4 rings (SSSR count). The lowest BCUT2D eigenvalue weighted by Crippen LogP contribution is -2.54. The van der Waals surface area contributed by atoms with Crippen LogP contribution in [0.2, 0.25) is 5.02 Å². The van der Waals surface area contributed by atoms with Gasteiger partial charge in [0.05, 0.1) is 5.00 Å². The summed E-state index contributed by atoms with van der Waals surface area (Å²) in [6, 6.07) is 12.6. The molecule has 0 spiro atoms. The Morgan fingerprint density at radius 2 is 1.97 bits per heavy atom. The van der Waals surface area contributed by atoms with Gasteiger partial charge in [0.25, 0.3) is 0 Å². The number of hydrogen-bond donors (Lipinski definition) is 1. The van der Waals surface area contributed by atoms with Gasteiger partial charge < -0.3 is 19.9 Å². The molecule has 0 amide bonds. The highest BCUT2D eigenvalue weighted by molar-refractivity contribution is 7.14. The smallest absolute Gasteiger partial charge is 0.193 e. The standard InChI is InChI=1S/C22H29ClN4OS/c1-24-21(27-11-9-26(10-12-27)20-6-3-15-29-20)25-17-22(7-13-28-14-8-22)18-4-2-5-19(23)16-18/h2-6,15-16H,7-14,17H2,1H3,(H,24,25). The molecule has 1 aromatic heterocycles. The van der Waals surface area contributed by atoms with Crippen molar-refractivity contribution in [3.63, 3.8) is 0 Å². The molecule has 0 saturated carbocycles. The summed E-state index contributed by atoms with van der Waals surface area (Å²) in [6.45, 7) is 6.41. The van der Waals surface area contributed by atoms with E-state index in [9.17, 15) is 0 Å². The van der Waals surface area contributed by atoms with Crippen LogP contribution >= 0.6 is 22.9 Å². The molecule has 2 fully saturated rings. The van der Waals surface area contributed by atoms with E-state index in [1.165, 1.54) is 10.6 Å². The molecule has 2 aromatic rings. The summed E-state index contributed by atoms with van der Waals surface area (Å²) in [6.07, 6.45) is 1.98. The van der Waals surface area contributed by atoms with E-state index in [2.05, 4.69) is 49.8 Å². The summed E-state index contributed by atoms with van der Waals surface area (Å²) in [5.41, 5.74) is 1.32. The number of nitrogens with zero attached hydrogens (tertiary/aromatic N) is 3. The molecule has 2 aliphatic heterocycles. The number of ether oxygens (including phenoxy) is 1. The lowest BCUT2D eigenvalue weighted by atomic mass is 9.74. The summed E-state index contributed by atoms with van der Waals surface area (Å²) < 4.78 is 5.67. The molecule has 1 aromatic carbocycles. The molecule has 3 heterocycles. The second kappa shape index (κ2) is 9.37. The Hall–Kier alpha value is -1.76. The number of halogens is 1. The molecule has 2 aliphatic rings. The molecule has 0 atom stereocenters. The van der Waals surface area contributed by atoms with Crippen LogP contribution in [0.25, 0.3) is 0 Å². The fourth-order valence-electron chi connectivity index (χ4n) is 4.32. The van der Waals surface area contributed by atoms with Crippen LogP contribution in [0.3, 0.4) is 0 Å². The van der Waals surface area contributed by atoms with E-state index in [1.54, 1.807) is 0 Å². The van der Waals surface area contributed by atoms with E-state index < -0.39 is 0 Å². The molecule has 5 nitrogen and oxygen atoms in total. The number of nitrogens with one attached hydrogen (secondary N) is 1. The van der Waals surface area contributed by atoms with Crippen LogP contribution in [0.1, 0.15) is 18.4 Å². The number of thiophene rings is 1. The molecule has 0 radical (unpaired) electrons. The number of benzene rings is 1. The van der Waals surface area contributed by atoms with E-state index >= 15 is 0 Å². The van der Waals surface area contributed by atoms with E-state index in [4.69, 9.17) is 16.3 Å². The third-order valence-corrected chi connectivity index (χ3v) is 7.24. The first-order chi connectivity index (χ1) is 14.2. The Morgan fingerprint density at radius 1 is 1.17 bits per heavy atom. The average molecular weight is 433 g/mol. The Kier molecular flexibility index (Phi) is 6.63. The minimum Gasteiger partial charge on any atom is -0.381 e. The average Bonchev–Trinajstić information content (AvgIpc) is 3.30. The van der Waals surface area contributed by atoms with Gasteiger partial charge in [0.1, 0.15) is 0 Å². The Bertz CT molecular complexity index is 812. The first-order valence-corrected chi connectivity index (χ1v) is 11.5. The lowest BCUT2D eigenvalue weighted by Gasteiger charge is -2.41. The summed E-state index contributed by atoms with van der Waals surface area (Å²) >= 11 is 8.12. The first-order valence-electron chi connectivity index (χ1n) is 10.3. The minimum absolute atomic E-state index is 0.0257. The van der Waals surface area contributed by atoms with Gasteiger partial charge in [-0.3, -0.25) is 4.99 Å². The zero-order valence-electron chi connectivity index (χ0n) is 16.9. The van der Waals surface area contributed by atoms with Gasteiger partial charge in [-0.05, 0) is 48.1 Å². The molecule has 0 aliphatic carbocycles. The van der Waals surface area contributed by atoms with Crippen molar-refractivity contribution in [2.45, 2.75) is 18.3 Å². The summed E-state index contributed by atoms with van der Waals surface area (Å²) in [5, 5.41) is 7.97. The fourth-order valence-corrected chi connectivity index (χ4v) is 5.29. The highest BCUT2D eigenvalue weighted by Gasteiger charge is 2.35. The number of piperazine rings is 1. The Labute approximate surface area is 182 Å². The van der Waals surface area contributed by atoms with Crippen molar-refractivity contribution in [2.24, 2.45) is 4.99 Å². The van der Waals surface area contributed by atoms with Gasteiger partial charge in [0.15, 0.2) is 5.96 Å². The van der Waals surface area contributed by atoms with Crippen molar-refractivity contribution in [1.82, 2.24) is 10.2 Å². The normalized spacial score (nSPS) is 20.0. The molecule has 0 bridgehead atoms. The van der Waals surface area contributed by atoms with Gasteiger partial charge in [0.2, 0.25) is 0 Å². The van der Waals surface area contributed by atoms with E-state index in [0.29, 0.717) is 0 Å².